The van der Waals surface area contributed by atoms with E-state index >= 15 is 0 Å². The summed E-state index contributed by atoms with van der Waals surface area (Å²) >= 11 is 0. The molecule has 6 heteroatoms. The molecule has 1 atom stereocenters. The number of ether oxygens (including phenoxy) is 1. The van der Waals surface area contributed by atoms with Gasteiger partial charge in [-0.1, -0.05) is 54.6 Å². The van der Waals surface area contributed by atoms with Crippen LogP contribution in [0.25, 0.3) is 11.4 Å². The highest BCUT2D eigenvalue weighted by Gasteiger charge is 2.42. The van der Waals surface area contributed by atoms with Crippen molar-refractivity contribution in [3.8, 4) is 11.4 Å². The van der Waals surface area contributed by atoms with Crippen LogP contribution >= 0.6 is 0 Å². The topological polar surface area (TPSA) is 76.1 Å². The van der Waals surface area contributed by atoms with Crippen molar-refractivity contribution < 1.29 is 9.53 Å². The van der Waals surface area contributed by atoms with Gasteiger partial charge in [0.05, 0.1) is 24.1 Å². The number of allylic oxidation sites excluding steroid dienone is 1. The third-order valence-corrected chi connectivity index (χ3v) is 6.17. The molecule has 2 aliphatic rings. The molecule has 2 heterocycles. The Balaban J connectivity index is 1.60. The molecule has 1 aliphatic heterocycles. The molecule has 156 valence electrons. The van der Waals surface area contributed by atoms with Gasteiger partial charge in [-0.15, -0.1) is 0 Å². The summed E-state index contributed by atoms with van der Waals surface area (Å²) in [5.74, 6) is 0.763. The van der Waals surface area contributed by atoms with Crippen LogP contribution in [0.2, 0.25) is 0 Å². The number of methoxy groups -OCH3 is 1. The quantitative estimate of drug-likeness (QED) is 0.516. The standard InChI is InChI=1S/C26H19N3O3/c1-32-17-13-11-15(12-14-17)20-21-23(18-9-5-6-10-19(18)24(21)30)27-25-22(20)26(31)29(28-25)16-7-3-2-4-8-16/h2-14,20,27-28H,1H3/t20-/m0/s1. The van der Waals surface area contributed by atoms with E-state index in [4.69, 9.17) is 4.74 Å². The number of para-hydroxylation sites is 1. The van der Waals surface area contributed by atoms with Crippen molar-refractivity contribution in [1.82, 2.24) is 9.78 Å². The molecule has 0 fully saturated rings. The van der Waals surface area contributed by atoms with Crippen molar-refractivity contribution >= 4 is 17.3 Å². The lowest BCUT2D eigenvalue weighted by Gasteiger charge is -2.25. The van der Waals surface area contributed by atoms with Gasteiger partial charge in [0.15, 0.2) is 5.78 Å². The summed E-state index contributed by atoms with van der Waals surface area (Å²) in [7, 11) is 1.61. The van der Waals surface area contributed by atoms with E-state index in [0.29, 0.717) is 28.3 Å². The van der Waals surface area contributed by atoms with Gasteiger partial charge in [-0.3, -0.25) is 14.7 Å². The fourth-order valence-corrected chi connectivity index (χ4v) is 4.68. The molecule has 6 rings (SSSR count). The van der Waals surface area contributed by atoms with E-state index in [1.54, 1.807) is 7.11 Å². The van der Waals surface area contributed by atoms with Gasteiger partial charge in [-0.05, 0) is 29.8 Å². The summed E-state index contributed by atoms with van der Waals surface area (Å²) in [4.78, 5) is 27.1. The van der Waals surface area contributed by atoms with Gasteiger partial charge >= 0.3 is 0 Å². The largest absolute Gasteiger partial charge is 0.497 e. The van der Waals surface area contributed by atoms with Crippen LogP contribution in [-0.4, -0.2) is 22.7 Å². The number of hydrogen-bond donors (Lipinski definition) is 2. The number of ketones is 1. The fraction of sp³-hybridized carbons (Fsp3) is 0.0769. The van der Waals surface area contributed by atoms with Crippen LogP contribution < -0.4 is 15.6 Å². The fourth-order valence-electron chi connectivity index (χ4n) is 4.68. The number of rotatable bonds is 3. The Labute approximate surface area is 183 Å². The second kappa shape index (κ2) is 6.85. The van der Waals surface area contributed by atoms with Gasteiger partial charge in [-0.25, -0.2) is 4.68 Å². The van der Waals surface area contributed by atoms with E-state index in [0.717, 1.165) is 22.5 Å². The predicted molar refractivity (Wildman–Crippen MR) is 123 cm³/mol. The minimum atomic E-state index is -0.499. The summed E-state index contributed by atoms with van der Waals surface area (Å²) in [6.07, 6.45) is 0. The first-order valence-corrected chi connectivity index (χ1v) is 10.4. The van der Waals surface area contributed by atoms with E-state index in [1.807, 2.05) is 78.9 Å². The lowest BCUT2D eigenvalue weighted by Crippen LogP contribution is -2.25. The molecular weight excluding hydrogens is 402 g/mol. The number of hydrogen-bond acceptors (Lipinski definition) is 4. The lowest BCUT2D eigenvalue weighted by atomic mass is 9.82. The Morgan fingerprint density at radius 2 is 1.53 bits per heavy atom. The third-order valence-electron chi connectivity index (χ3n) is 6.17. The molecule has 32 heavy (non-hydrogen) atoms. The number of benzene rings is 3. The number of aromatic amines is 1. The van der Waals surface area contributed by atoms with Crippen LogP contribution in [0.5, 0.6) is 5.75 Å². The van der Waals surface area contributed by atoms with Crippen molar-refractivity contribution in [3.63, 3.8) is 0 Å². The normalized spacial score (nSPS) is 16.3. The number of carbonyl (C=O) groups is 1. The van der Waals surface area contributed by atoms with Crippen molar-refractivity contribution in [2.24, 2.45) is 0 Å². The molecule has 0 spiro atoms. The second-order valence-electron chi connectivity index (χ2n) is 7.87. The maximum absolute atomic E-state index is 13.6. The minimum Gasteiger partial charge on any atom is -0.497 e. The zero-order chi connectivity index (χ0) is 21.8. The molecule has 2 N–H and O–H groups in total. The summed E-state index contributed by atoms with van der Waals surface area (Å²) < 4.78 is 6.83. The van der Waals surface area contributed by atoms with E-state index in [-0.39, 0.29) is 11.3 Å². The lowest BCUT2D eigenvalue weighted by molar-refractivity contribution is 0.103. The summed E-state index contributed by atoms with van der Waals surface area (Å²) in [5.41, 5.74) is 4.78. The summed E-state index contributed by atoms with van der Waals surface area (Å²) in [6, 6.07) is 24.5. The molecule has 4 aromatic rings. The Bertz CT molecular complexity index is 1460. The second-order valence-corrected chi connectivity index (χ2v) is 7.87. The number of anilines is 1. The maximum atomic E-state index is 13.6. The van der Waals surface area contributed by atoms with Crippen LogP contribution in [0.3, 0.4) is 0 Å². The highest BCUT2D eigenvalue weighted by atomic mass is 16.5. The molecule has 1 aromatic heterocycles. The molecule has 0 bridgehead atoms. The van der Waals surface area contributed by atoms with Crippen LogP contribution in [-0.2, 0) is 0 Å². The molecule has 6 nitrogen and oxygen atoms in total. The monoisotopic (exact) mass is 421 g/mol. The van der Waals surface area contributed by atoms with Crippen LogP contribution in [0, 0.1) is 0 Å². The Kier molecular flexibility index (Phi) is 3.95. The van der Waals surface area contributed by atoms with Crippen LogP contribution in [0.15, 0.2) is 89.2 Å². The number of aromatic nitrogens is 2. The highest BCUT2D eigenvalue weighted by Crippen LogP contribution is 2.48. The first kappa shape index (κ1) is 18.4. The van der Waals surface area contributed by atoms with E-state index in [1.165, 1.54) is 4.68 Å². The maximum Gasteiger partial charge on any atom is 0.277 e. The van der Waals surface area contributed by atoms with Gasteiger partial charge in [0.2, 0.25) is 0 Å². The number of nitrogens with zero attached hydrogens (tertiary/aromatic N) is 1. The molecule has 0 amide bonds. The van der Waals surface area contributed by atoms with E-state index in [9.17, 15) is 9.59 Å². The molecule has 0 saturated carbocycles. The Morgan fingerprint density at radius 3 is 2.25 bits per heavy atom. The Hall–Kier alpha value is -4.32. The van der Waals surface area contributed by atoms with Crippen LogP contribution in [0.1, 0.15) is 33.0 Å². The van der Waals surface area contributed by atoms with Crippen molar-refractivity contribution in [2.75, 3.05) is 12.4 Å². The van der Waals surface area contributed by atoms with Crippen LogP contribution in [0.4, 0.5) is 5.82 Å². The molecule has 0 saturated heterocycles. The number of H-pyrrole nitrogens is 1. The van der Waals surface area contributed by atoms with Gasteiger partial charge < -0.3 is 10.1 Å². The number of nitrogens with one attached hydrogen (secondary N) is 2. The molecule has 3 aromatic carbocycles. The molecule has 0 radical (unpaired) electrons. The summed E-state index contributed by atoms with van der Waals surface area (Å²) in [6.45, 7) is 0. The number of carbonyl (C=O) groups excluding carboxylic acids is 1. The average Bonchev–Trinajstić information content (AvgIpc) is 3.33. The zero-order valence-electron chi connectivity index (χ0n) is 17.3. The smallest absolute Gasteiger partial charge is 0.277 e. The van der Waals surface area contributed by atoms with Crippen molar-refractivity contribution in [1.29, 1.82) is 0 Å². The predicted octanol–water partition coefficient (Wildman–Crippen LogP) is 4.34. The first-order chi connectivity index (χ1) is 15.7. The molecule has 0 unspecified atom stereocenters. The van der Waals surface area contributed by atoms with Gasteiger partial charge in [0.25, 0.3) is 5.56 Å². The van der Waals surface area contributed by atoms with E-state index in [2.05, 4.69) is 10.4 Å². The average molecular weight is 421 g/mol. The first-order valence-electron chi connectivity index (χ1n) is 10.4. The SMILES string of the molecule is COc1ccc([C@H]2C3=C(Nc4[nH]n(-c5ccccc5)c(=O)c42)c2ccccc2C3=O)cc1. The van der Waals surface area contributed by atoms with Gasteiger partial charge in [0.1, 0.15) is 11.6 Å². The van der Waals surface area contributed by atoms with Crippen molar-refractivity contribution in [3.05, 3.63) is 117 Å². The van der Waals surface area contributed by atoms with Crippen molar-refractivity contribution in [2.45, 2.75) is 5.92 Å². The van der Waals surface area contributed by atoms with Gasteiger partial charge in [-0.2, -0.15) is 0 Å². The highest BCUT2D eigenvalue weighted by molar-refractivity contribution is 6.23. The number of fused-ring (bicyclic) bond motifs is 3. The third kappa shape index (κ3) is 2.53. The molecule has 1 aliphatic carbocycles. The summed E-state index contributed by atoms with van der Waals surface area (Å²) in [5, 5.41) is 6.58. The van der Waals surface area contributed by atoms with Gasteiger partial charge in [0, 0.05) is 22.6 Å². The van der Waals surface area contributed by atoms with E-state index < -0.39 is 5.92 Å². The molecular formula is C26H19N3O3. The Morgan fingerprint density at radius 1 is 0.844 bits per heavy atom. The minimum absolute atomic E-state index is 0.0542. The zero-order valence-corrected chi connectivity index (χ0v) is 17.3. The number of Topliss-reactive ketones (excluding diaryl/α,β-unsaturated/α-hetero) is 1.